The number of carbonyl (C=O) groups is 1. The highest BCUT2D eigenvalue weighted by Crippen LogP contribution is 2.39. The van der Waals surface area contributed by atoms with Gasteiger partial charge in [-0.15, -0.1) is 12.4 Å². The van der Waals surface area contributed by atoms with Gasteiger partial charge in [-0.1, -0.05) is 34.4 Å². The number of aromatic nitrogens is 1. The Morgan fingerprint density at radius 3 is 2.65 bits per heavy atom. The molecule has 1 atom stereocenters. The standard InChI is InChI=1S/C17H19Cl2N3O3.ClH/c1-17(9-20,10-5-6-10)21-16(23)14-7-11(25-22-14)8-24-15-12(18)3-2-4-13(15)19;/h2-4,7,10H,5-6,8-9,20H2,1H3,(H,21,23);1H. The molecule has 1 unspecified atom stereocenters. The lowest BCUT2D eigenvalue weighted by atomic mass is 9.96. The van der Waals surface area contributed by atoms with Crippen molar-refractivity contribution in [2.75, 3.05) is 6.54 Å². The van der Waals surface area contributed by atoms with Gasteiger partial charge in [-0.2, -0.15) is 0 Å². The summed E-state index contributed by atoms with van der Waals surface area (Å²) in [5, 5.41) is 7.55. The van der Waals surface area contributed by atoms with Crippen LogP contribution in [0.4, 0.5) is 0 Å². The van der Waals surface area contributed by atoms with Gasteiger partial charge in [0.15, 0.2) is 17.2 Å². The first-order valence-corrected chi connectivity index (χ1v) is 8.73. The second-order valence-corrected chi connectivity index (χ2v) is 7.18. The van der Waals surface area contributed by atoms with Crippen LogP contribution in [0.15, 0.2) is 28.8 Å². The van der Waals surface area contributed by atoms with Gasteiger partial charge in [0.2, 0.25) is 0 Å². The summed E-state index contributed by atoms with van der Waals surface area (Å²) in [6, 6.07) is 6.60. The van der Waals surface area contributed by atoms with Crippen LogP contribution in [0, 0.1) is 5.92 Å². The van der Waals surface area contributed by atoms with E-state index in [1.807, 2.05) is 6.92 Å². The Hall–Kier alpha value is -1.47. The summed E-state index contributed by atoms with van der Waals surface area (Å²) in [6.07, 6.45) is 2.15. The number of hydrogen-bond donors (Lipinski definition) is 2. The van der Waals surface area contributed by atoms with E-state index in [4.69, 9.17) is 38.2 Å². The number of benzene rings is 1. The number of halogens is 3. The summed E-state index contributed by atoms with van der Waals surface area (Å²) in [6.45, 7) is 2.38. The Bertz CT molecular complexity index is 759. The zero-order valence-corrected chi connectivity index (χ0v) is 16.5. The average Bonchev–Trinajstić information content (AvgIpc) is 3.34. The summed E-state index contributed by atoms with van der Waals surface area (Å²) >= 11 is 12.1. The van der Waals surface area contributed by atoms with Gasteiger partial charge in [0.05, 0.1) is 15.6 Å². The van der Waals surface area contributed by atoms with E-state index in [9.17, 15) is 4.79 Å². The fraction of sp³-hybridized carbons (Fsp3) is 0.412. The summed E-state index contributed by atoms with van der Waals surface area (Å²) in [4.78, 5) is 12.4. The molecule has 1 saturated carbocycles. The van der Waals surface area contributed by atoms with Crippen molar-refractivity contribution in [3.8, 4) is 5.75 Å². The van der Waals surface area contributed by atoms with Crippen molar-refractivity contribution in [1.82, 2.24) is 10.5 Å². The van der Waals surface area contributed by atoms with E-state index in [2.05, 4.69) is 10.5 Å². The molecule has 0 bridgehead atoms. The summed E-state index contributed by atoms with van der Waals surface area (Å²) < 4.78 is 10.7. The summed E-state index contributed by atoms with van der Waals surface area (Å²) in [5.41, 5.74) is 5.58. The topological polar surface area (TPSA) is 90.4 Å². The maximum absolute atomic E-state index is 12.4. The molecule has 0 spiro atoms. The SMILES string of the molecule is CC(CN)(NC(=O)c1cc(COc2c(Cl)cccc2Cl)on1)C1CC1.Cl. The lowest BCUT2D eigenvalue weighted by molar-refractivity contribution is 0.0888. The molecule has 2 aromatic rings. The van der Waals surface area contributed by atoms with E-state index in [0.29, 0.717) is 34.0 Å². The predicted octanol–water partition coefficient (Wildman–Crippen LogP) is 3.84. The minimum atomic E-state index is -0.419. The van der Waals surface area contributed by atoms with Gasteiger partial charge in [-0.3, -0.25) is 4.79 Å². The molecule has 1 aromatic carbocycles. The molecular weight excluding hydrogens is 401 g/mol. The number of amides is 1. The largest absolute Gasteiger partial charge is 0.482 e. The maximum Gasteiger partial charge on any atom is 0.273 e. The molecular formula is C17H20Cl3N3O3. The van der Waals surface area contributed by atoms with Crippen molar-refractivity contribution in [3.05, 3.63) is 45.8 Å². The van der Waals surface area contributed by atoms with Crippen LogP contribution in [-0.2, 0) is 6.61 Å². The van der Waals surface area contributed by atoms with Crippen LogP contribution in [0.3, 0.4) is 0 Å². The van der Waals surface area contributed by atoms with Crippen molar-refractivity contribution >= 4 is 41.5 Å². The van der Waals surface area contributed by atoms with E-state index in [1.54, 1.807) is 18.2 Å². The van der Waals surface area contributed by atoms with E-state index < -0.39 is 5.54 Å². The molecule has 142 valence electrons. The van der Waals surface area contributed by atoms with Gasteiger partial charge < -0.3 is 20.3 Å². The summed E-state index contributed by atoms with van der Waals surface area (Å²) in [7, 11) is 0. The second-order valence-electron chi connectivity index (χ2n) is 6.37. The second kappa shape index (κ2) is 8.48. The highest BCUT2D eigenvalue weighted by atomic mass is 35.5. The number of nitrogens with two attached hydrogens (primary N) is 1. The van der Waals surface area contributed by atoms with Crippen molar-refractivity contribution in [3.63, 3.8) is 0 Å². The fourth-order valence-corrected chi connectivity index (χ4v) is 3.12. The van der Waals surface area contributed by atoms with Crippen molar-refractivity contribution in [2.45, 2.75) is 31.9 Å². The molecule has 3 N–H and O–H groups in total. The van der Waals surface area contributed by atoms with Crippen LogP contribution < -0.4 is 15.8 Å². The molecule has 0 aliphatic heterocycles. The zero-order valence-electron chi connectivity index (χ0n) is 14.1. The quantitative estimate of drug-likeness (QED) is 0.710. The molecule has 1 amide bonds. The Balaban J connectivity index is 0.00000243. The van der Waals surface area contributed by atoms with Gasteiger partial charge >= 0.3 is 0 Å². The van der Waals surface area contributed by atoms with E-state index in [1.165, 1.54) is 6.07 Å². The first-order valence-electron chi connectivity index (χ1n) is 7.98. The molecule has 1 aliphatic carbocycles. The number of hydrogen-bond acceptors (Lipinski definition) is 5. The van der Waals surface area contributed by atoms with E-state index >= 15 is 0 Å². The number of rotatable bonds is 7. The van der Waals surface area contributed by atoms with Gasteiger partial charge in [-0.05, 0) is 37.8 Å². The zero-order chi connectivity index (χ0) is 18.0. The third kappa shape index (κ3) is 4.62. The Kier molecular flexibility index (Phi) is 6.80. The molecule has 1 aliphatic rings. The van der Waals surface area contributed by atoms with Gasteiger partial charge in [0.1, 0.15) is 6.61 Å². The molecule has 3 rings (SSSR count). The average molecular weight is 421 g/mol. The third-order valence-corrected chi connectivity index (χ3v) is 4.97. The highest BCUT2D eigenvalue weighted by Gasteiger charge is 2.42. The van der Waals surface area contributed by atoms with Crippen LogP contribution in [0.1, 0.15) is 36.0 Å². The Labute approximate surface area is 167 Å². The molecule has 1 fully saturated rings. The van der Waals surface area contributed by atoms with Gasteiger partial charge in [0, 0.05) is 12.6 Å². The van der Waals surface area contributed by atoms with Crippen molar-refractivity contribution in [1.29, 1.82) is 0 Å². The number of ether oxygens (including phenoxy) is 1. The number of carbonyl (C=O) groups excluding carboxylic acids is 1. The minimum Gasteiger partial charge on any atom is -0.482 e. The highest BCUT2D eigenvalue weighted by molar-refractivity contribution is 6.37. The molecule has 1 heterocycles. The van der Waals surface area contributed by atoms with E-state index in [0.717, 1.165) is 12.8 Å². The first kappa shape index (κ1) is 20.8. The predicted molar refractivity (Wildman–Crippen MR) is 102 cm³/mol. The Morgan fingerprint density at radius 2 is 2.08 bits per heavy atom. The van der Waals surface area contributed by atoms with Crippen molar-refractivity contribution in [2.24, 2.45) is 11.7 Å². The van der Waals surface area contributed by atoms with Crippen LogP contribution in [-0.4, -0.2) is 23.1 Å². The van der Waals surface area contributed by atoms with Crippen LogP contribution in [0.25, 0.3) is 0 Å². The van der Waals surface area contributed by atoms with E-state index in [-0.39, 0.29) is 30.6 Å². The molecule has 0 radical (unpaired) electrons. The first-order chi connectivity index (χ1) is 11.9. The number of nitrogens with one attached hydrogen (secondary N) is 1. The Morgan fingerprint density at radius 1 is 1.42 bits per heavy atom. The molecule has 6 nitrogen and oxygen atoms in total. The van der Waals surface area contributed by atoms with Crippen LogP contribution in [0.2, 0.25) is 10.0 Å². The minimum absolute atomic E-state index is 0. The van der Waals surface area contributed by atoms with Gasteiger partial charge in [0.25, 0.3) is 5.91 Å². The third-order valence-electron chi connectivity index (χ3n) is 4.37. The monoisotopic (exact) mass is 419 g/mol. The summed E-state index contributed by atoms with van der Waals surface area (Å²) in [5.74, 6) is 0.851. The van der Waals surface area contributed by atoms with Gasteiger partial charge in [-0.25, -0.2) is 0 Å². The molecule has 9 heteroatoms. The smallest absolute Gasteiger partial charge is 0.273 e. The number of nitrogens with zero attached hydrogens (tertiary/aromatic N) is 1. The molecule has 26 heavy (non-hydrogen) atoms. The molecule has 1 aromatic heterocycles. The van der Waals surface area contributed by atoms with Crippen LogP contribution >= 0.6 is 35.6 Å². The normalized spacial score (nSPS) is 15.7. The molecule has 0 saturated heterocycles. The fourth-order valence-electron chi connectivity index (χ4n) is 2.62. The lowest BCUT2D eigenvalue weighted by Crippen LogP contribution is -2.53. The lowest BCUT2D eigenvalue weighted by Gasteiger charge is -2.28. The maximum atomic E-state index is 12.4. The number of para-hydroxylation sites is 1. The van der Waals surface area contributed by atoms with Crippen molar-refractivity contribution < 1.29 is 14.1 Å². The van der Waals surface area contributed by atoms with Crippen LogP contribution in [0.5, 0.6) is 5.75 Å².